The second kappa shape index (κ2) is 5.90. The summed E-state index contributed by atoms with van der Waals surface area (Å²) >= 11 is 2.87. The van der Waals surface area contributed by atoms with Crippen LogP contribution in [0.1, 0.15) is 22.4 Å². The van der Waals surface area contributed by atoms with Gasteiger partial charge in [-0.1, -0.05) is 35.2 Å². The van der Waals surface area contributed by atoms with Crippen molar-refractivity contribution in [3.05, 3.63) is 45.3 Å². The molecule has 1 aromatic heterocycles. The Balaban J connectivity index is 1.51. The maximum absolute atomic E-state index is 12.1. The Labute approximate surface area is 142 Å². The highest BCUT2D eigenvalue weighted by atomic mass is 32.2. The van der Waals surface area contributed by atoms with E-state index in [1.165, 1.54) is 40.6 Å². The maximum atomic E-state index is 12.1. The normalized spacial score (nSPS) is 21.5. The van der Waals surface area contributed by atoms with Gasteiger partial charge in [0, 0.05) is 11.9 Å². The van der Waals surface area contributed by atoms with Gasteiger partial charge < -0.3 is 16.4 Å². The van der Waals surface area contributed by atoms with E-state index in [0.29, 0.717) is 10.0 Å². The van der Waals surface area contributed by atoms with E-state index in [9.17, 15) is 4.79 Å². The van der Waals surface area contributed by atoms with Crippen molar-refractivity contribution in [1.82, 2.24) is 10.3 Å². The van der Waals surface area contributed by atoms with Crippen molar-refractivity contribution in [3.63, 3.8) is 0 Å². The zero-order valence-electron chi connectivity index (χ0n) is 12.3. The van der Waals surface area contributed by atoms with Gasteiger partial charge in [0.15, 0.2) is 10.6 Å². The number of aromatic nitrogens is 1. The molecule has 5 nitrogen and oxygen atoms in total. The maximum Gasteiger partial charge on any atom is 0.260 e. The van der Waals surface area contributed by atoms with E-state index in [0.717, 1.165) is 23.4 Å². The van der Waals surface area contributed by atoms with Crippen LogP contribution in [-0.2, 0) is 17.6 Å². The molecule has 1 unspecified atom stereocenters. The summed E-state index contributed by atoms with van der Waals surface area (Å²) in [6.07, 6.45) is 6.98. The van der Waals surface area contributed by atoms with Crippen molar-refractivity contribution in [2.45, 2.75) is 24.8 Å². The van der Waals surface area contributed by atoms with Crippen LogP contribution in [0.15, 0.2) is 29.3 Å². The fourth-order valence-corrected chi connectivity index (χ4v) is 4.63. The quantitative estimate of drug-likeness (QED) is 0.746. The van der Waals surface area contributed by atoms with Crippen molar-refractivity contribution < 1.29 is 4.79 Å². The molecule has 0 spiro atoms. The number of hydrogen-bond acceptors (Lipinski definition) is 6. The molecule has 2 aromatic rings. The van der Waals surface area contributed by atoms with Crippen molar-refractivity contribution in [1.29, 1.82) is 0 Å². The molecule has 2 aliphatic rings. The van der Waals surface area contributed by atoms with Crippen LogP contribution in [0, 0.1) is 0 Å². The largest absolute Gasteiger partial charge is 0.375 e. The molecule has 1 amide bonds. The van der Waals surface area contributed by atoms with Gasteiger partial charge in [-0.2, -0.15) is 0 Å². The lowest BCUT2D eigenvalue weighted by molar-refractivity contribution is -0.116. The highest BCUT2D eigenvalue weighted by molar-refractivity contribution is 8.05. The summed E-state index contributed by atoms with van der Waals surface area (Å²) in [6, 6.07) is 6.35. The van der Waals surface area contributed by atoms with Crippen LogP contribution in [0.4, 0.5) is 10.8 Å². The molecule has 1 aromatic carbocycles. The minimum Gasteiger partial charge on any atom is -0.375 e. The van der Waals surface area contributed by atoms with Crippen LogP contribution in [0.2, 0.25) is 0 Å². The lowest BCUT2D eigenvalue weighted by Crippen LogP contribution is -2.31. The van der Waals surface area contributed by atoms with Crippen molar-refractivity contribution in [2.24, 2.45) is 0 Å². The number of rotatable bonds is 3. The number of hydrogen-bond donors (Lipinski definition) is 3. The molecule has 1 atom stereocenters. The number of nitrogens with one attached hydrogen (secondary N) is 2. The lowest BCUT2D eigenvalue weighted by Gasteiger charge is -2.16. The Bertz CT molecular complexity index is 799. The van der Waals surface area contributed by atoms with Crippen LogP contribution < -0.4 is 16.4 Å². The summed E-state index contributed by atoms with van der Waals surface area (Å²) in [5.41, 5.74) is 9.41. The first kappa shape index (κ1) is 14.6. The zero-order valence-corrected chi connectivity index (χ0v) is 14.0. The Morgan fingerprint density at radius 1 is 1.39 bits per heavy atom. The molecule has 0 bridgehead atoms. The van der Waals surface area contributed by atoms with Gasteiger partial charge in [0.05, 0.1) is 9.78 Å². The Morgan fingerprint density at radius 3 is 3.13 bits per heavy atom. The number of thioether (sulfide) groups is 1. The average Bonchev–Trinajstić information content (AvgIpc) is 3.22. The third-order valence-electron chi connectivity index (χ3n) is 3.98. The van der Waals surface area contributed by atoms with Gasteiger partial charge in [-0.3, -0.25) is 4.79 Å². The fourth-order valence-electron chi connectivity index (χ4n) is 2.96. The van der Waals surface area contributed by atoms with Crippen LogP contribution in [-0.4, -0.2) is 16.4 Å². The number of carbonyl (C=O) groups is 1. The van der Waals surface area contributed by atoms with Crippen LogP contribution >= 0.6 is 23.1 Å². The molecule has 4 rings (SSSR count). The number of nitrogens with zero attached hydrogens (tertiary/aromatic N) is 1. The molecule has 118 valence electrons. The van der Waals surface area contributed by atoms with Crippen molar-refractivity contribution in [3.8, 4) is 0 Å². The second-order valence-corrected chi connectivity index (χ2v) is 7.76. The number of nitrogens with two attached hydrogens (primary N) is 1. The van der Waals surface area contributed by atoms with Gasteiger partial charge in [-0.05, 0) is 42.5 Å². The first-order valence-electron chi connectivity index (χ1n) is 7.47. The number of nitrogen functional groups attached to an aromatic ring is 1. The number of anilines is 2. The smallest absolute Gasteiger partial charge is 0.260 e. The van der Waals surface area contributed by atoms with Crippen LogP contribution in [0.25, 0.3) is 6.08 Å². The third-order valence-corrected chi connectivity index (χ3v) is 5.78. The number of amides is 1. The first-order valence-corrected chi connectivity index (χ1v) is 9.16. The van der Waals surface area contributed by atoms with E-state index >= 15 is 0 Å². The van der Waals surface area contributed by atoms with E-state index in [1.54, 1.807) is 6.20 Å². The highest BCUT2D eigenvalue weighted by Crippen LogP contribution is 2.34. The molecule has 23 heavy (non-hydrogen) atoms. The Kier molecular flexibility index (Phi) is 3.74. The summed E-state index contributed by atoms with van der Waals surface area (Å²) < 4.78 is 0. The van der Waals surface area contributed by atoms with E-state index in [-0.39, 0.29) is 11.4 Å². The monoisotopic (exact) mass is 344 g/mol. The molecule has 1 saturated heterocycles. The highest BCUT2D eigenvalue weighted by Gasteiger charge is 2.28. The number of aryl methyl sites for hydroxylation is 1. The first-order chi connectivity index (χ1) is 11.2. The Morgan fingerprint density at radius 2 is 2.30 bits per heavy atom. The topological polar surface area (TPSA) is 80.0 Å². The lowest BCUT2D eigenvalue weighted by atomic mass is 10.1. The number of benzene rings is 1. The predicted octanol–water partition coefficient (Wildman–Crippen LogP) is 2.81. The summed E-state index contributed by atoms with van der Waals surface area (Å²) in [5, 5.41) is 6.92. The second-order valence-electron chi connectivity index (χ2n) is 5.52. The molecule has 0 radical (unpaired) electrons. The Hall–Kier alpha value is -1.99. The number of thiazole rings is 1. The van der Waals surface area contributed by atoms with Crippen molar-refractivity contribution in [2.75, 3.05) is 11.1 Å². The zero-order chi connectivity index (χ0) is 15.8. The molecule has 1 aliphatic heterocycles. The molecule has 4 N–H and O–H groups in total. The summed E-state index contributed by atoms with van der Waals surface area (Å²) in [6.45, 7) is 0. The van der Waals surface area contributed by atoms with Gasteiger partial charge in [-0.15, -0.1) is 0 Å². The van der Waals surface area contributed by atoms with Gasteiger partial charge in [0.1, 0.15) is 0 Å². The standard InChI is InChI=1S/C16H16N4OS2/c17-15-18-8-10(22-15)7-13-14(21)20-16(23-13)19-12-6-2-4-9-3-1-5-11(9)12/h2,4,6-8,16,19H,1,3,5H2,(H2,17,18)(H,20,21). The minimum absolute atomic E-state index is 0.0629. The molecule has 0 saturated carbocycles. The van der Waals surface area contributed by atoms with Crippen molar-refractivity contribution >= 4 is 45.9 Å². The summed E-state index contributed by atoms with van der Waals surface area (Å²) in [5.74, 6) is -0.0629. The van der Waals surface area contributed by atoms with Crippen LogP contribution in [0.5, 0.6) is 0 Å². The van der Waals surface area contributed by atoms with E-state index in [2.05, 4.69) is 33.8 Å². The average molecular weight is 344 g/mol. The number of carbonyl (C=O) groups excluding carboxylic acids is 1. The molecule has 1 fully saturated rings. The van der Waals surface area contributed by atoms with E-state index < -0.39 is 0 Å². The minimum atomic E-state index is -0.147. The summed E-state index contributed by atoms with van der Waals surface area (Å²) in [7, 11) is 0. The van der Waals surface area contributed by atoms with Gasteiger partial charge >= 0.3 is 0 Å². The van der Waals surface area contributed by atoms with Gasteiger partial charge in [0.2, 0.25) is 0 Å². The molecule has 2 heterocycles. The molecular weight excluding hydrogens is 328 g/mol. The summed E-state index contributed by atoms with van der Waals surface area (Å²) in [4.78, 5) is 17.7. The number of fused-ring (bicyclic) bond motifs is 1. The molecule has 1 aliphatic carbocycles. The van der Waals surface area contributed by atoms with Gasteiger partial charge in [-0.25, -0.2) is 4.98 Å². The fraction of sp³-hybridized carbons (Fsp3) is 0.250. The van der Waals surface area contributed by atoms with Gasteiger partial charge in [0.25, 0.3) is 5.91 Å². The molecule has 7 heteroatoms. The van der Waals surface area contributed by atoms with Crippen LogP contribution in [0.3, 0.4) is 0 Å². The molecular formula is C16H16N4OS2. The van der Waals surface area contributed by atoms with E-state index in [1.807, 2.05) is 6.08 Å². The third kappa shape index (κ3) is 2.94. The SMILES string of the molecule is Nc1ncc(C=C2SC(Nc3cccc4c3CCC4)NC2=O)s1. The van der Waals surface area contributed by atoms with E-state index in [4.69, 9.17) is 5.73 Å². The predicted molar refractivity (Wildman–Crippen MR) is 96.1 cm³/mol.